The van der Waals surface area contributed by atoms with Gasteiger partial charge in [0, 0.05) is 30.3 Å². The summed E-state index contributed by atoms with van der Waals surface area (Å²) in [4.78, 5) is 19.2. The highest BCUT2D eigenvalue weighted by Gasteiger charge is 2.27. The van der Waals surface area contributed by atoms with Crippen molar-refractivity contribution in [2.45, 2.75) is 37.3 Å². The molecule has 10 heteroatoms. The molecule has 188 valence electrons. The summed E-state index contributed by atoms with van der Waals surface area (Å²) in [6, 6.07) is 13.4. The third kappa shape index (κ3) is 6.62. The lowest BCUT2D eigenvalue weighted by molar-refractivity contribution is 0.0674. The SMILES string of the molecule is COCCN(Cc1cnc(S(=O)(=O)Cc2cccc(Cl)c2)n1C(C)C)C(=O)c1ccc(OC)cc1. The number of hydrogen-bond donors (Lipinski definition) is 0. The van der Waals surface area contributed by atoms with Crippen LogP contribution in [-0.2, 0) is 26.9 Å². The van der Waals surface area contributed by atoms with Gasteiger partial charge in [-0.2, -0.15) is 0 Å². The number of carbonyl (C=O) groups is 1. The van der Waals surface area contributed by atoms with Crippen LogP contribution in [0.25, 0.3) is 0 Å². The predicted molar refractivity (Wildman–Crippen MR) is 135 cm³/mol. The van der Waals surface area contributed by atoms with Crippen LogP contribution in [0.4, 0.5) is 0 Å². The van der Waals surface area contributed by atoms with E-state index in [4.69, 9.17) is 21.1 Å². The fourth-order valence-electron chi connectivity index (χ4n) is 3.75. The Morgan fingerprint density at radius 3 is 2.46 bits per heavy atom. The molecule has 0 spiro atoms. The van der Waals surface area contributed by atoms with Gasteiger partial charge in [-0.15, -0.1) is 0 Å². The first-order valence-corrected chi connectivity index (χ1v) is 13.1. The summed E-state index contributed by atoms with van der Waals surface area (Å²) < 4.78 is 38.6. The van der Waals surface area contributed by atoms with E-state index in [1.165, 1.54) is 6.20 Å². The number of amides is 1. The topological polar surface area (TPSA) is 90.7 Å². The van der Waals surface area contributed by atoms with Gasteiger partial charge in [-0.1, -0.05) is 23.7 Å². The molecule has 0 aliphatic heterocycles. The number of methoxy groups -OCH3 is 2. The third-order valence-corrected chi connectivity index (χ3v) is 7.23. The maximum absolute atomic E-state index is 13.3. The van der Waals surface area contributed by atoms with Gasteiger partial charge in [-0.25, -0.2) is 13.4 Å². The number of carbonyl (C=O) groups excluding carboxylic acids is 1. The molecule has 0 atom stereocenters. The van der Waals surface area contributed by atoms with E-state index in [0.29, 0.717) is 40.7 Å². The molecule has 0 radical (unpaired) electrons. The predicted octanol–water partition coefficient (Wildman–Crippen LogP) is 4.39. The average molecular weight is 520 g/mol. The third-order valence-electron chi connectivity index (χ3n) is 5.42. The van der Waals surface area contributed by atoms with E-state index in [1.807, 2.05) is 13.8 Å². The van der Waals surface area contributed by atoms with Gasteiger partial charge in [0.15, 0.2) is 0 Å². The lowest BCUT2D eigenvalue weighted by Gasteiger charge is -2.24. The summed E-state index contributed by atoms with van der Waals surface area (Å²) >= 11 is 6.03. The summed E-state index contributed by atoms with van der Waals surface area (Å²) in [6.07, 6.45) is 1.52. The lowest BCUT2D eigenvalue weighted by atomic mass is 10.2. The molecule has 0 saturated heterocycles. The lowest BCUT2D eigenvalue weighted by Crippen LogP contribution is -2.34. The van der Waals surface area contributed by atoms with Gasteiger partial charge in [-0.3, -0.25) is 4.79 Å². The molecule has 1 heterocycles. The van der Waals surface area contributed by atoms with Gasteiger partial charge in [0.25, 0.3) is 5.91 Å². The molecule has 0 fully saturated rings. The van der Waals surface area contributed by atoms with Crippen LogP contribution in [0.1, 0.15) is 41.5 Å². The number of halogens is 1. The molecule has 0 N–H and O–H groups in total. The number of ether oxygens (including phenoxy) is 2. The first-order valence-electron chi connectivity index (χ1n) is 11.1. The standard InChI is InChI=1S/C25H30ClN3O5S/c1-18(2)29-22(15-27-25(29)35(31,32)17-19-6-5-7-21(26)14-19)16-28(12-13-33-3)24(30)20-8-10-23(34-4)11-9-20/h5-11,14-15,18H,12-13,16-17H2,1-4H3. The van der Waals surface area contributed by atoms with E-state index in [2.05, 4.69) is 4.98 Å². The summed E-state index contributed by atoms with van der Waals surface area (Å²) in [6.45, 7) is 4.60. The Kier molecular flexibility index (Phi) is 8.93. The van der Waals surface area contributed by atoms with Crippen molar-refractivity contribution >= 4 is 27.3 Å². The number of rotatable bonds is 11. The quantitative estimate of drug-likeness (QED) is 0.373. The van der Waals surface area contributed by atoms with Crippen LogP contribution in [0.2, 0.25) is 5.02 Å². The molecule has 8 nitrogen and oxygen atoms in total. The van der Waals surface area contributed by atoms with Crippen LogP contribution in [-0.4, -0.2) is 56.1 Å². The minimum atomic E-state index is -3.77. The summed E-state index contributed by atoms with van der Waals surface area (Å²) in [5, 5.41) is 0.433. The maximum atomic E-state index is 13.3. The number of benzene rings is 2. The van der Waals surface area contributed by atoms with Crippen LogP contribution in [0.5, 0.6) is 5.75 Å². The highest BCUT2D eigenvalue weighted by molar-refractivity contribution is 7.90. The first kappa shape index (κ1) is 26.7. The Bertz CT molecular complexity index is 1260. The monoisotopic (exact) mass is 519 g/mol. The second-order valence-corrected chi connectivity index (χ2v) is 10.7. The van der Waals surface area contributed by atoms with Crippen molar-refractivity contribution in [2.24, 2.45) is 0 Å². The number of sulfone groups is 1. The zero-order chi connectivity index (χ0) is 25.6. The van der Waals surface area contributed by atoms with Crippen molar-refractivity contribution in [1.29, 1.82) is 0 Å². The van der Waals surface area contributed by atoms with Gasteiger partial charge in [0.05, 0.1) is 37.9 Å². The highest BCUT2D eigenvalue weighted by Crippen LogP contribution is 2.24. The van der Waals surface area contributed by atoms with Crippen molar-refractivity contribution in [3.63, 3.8) is 0 Å². The molecule has 1 amide bonds. The second kappa shape index (κ2) is 11.7. The Morgan fingerprint density at radius 2 is 1.86 bits per heavy atom. The summed E-state index contributed by atoms with van der Waals surface area (Å²) in [7, 11) is -0.640. The molecule has 3 aromatic rings. The molecule has 0 aliphatic carbocycles. The Hall–Kier alpha value is -2.88. The van der Waals surface area contributed by atoms with Crippen molar-refractivity contribution < 1.29 is 22.7 Å². The summed E-state index contributed by atoms with van der Waals surface area (Å²) in [5.41, 5.74) is 1.68. The van der Waals surface area contributed by atoms with Crippen LogP contribution in [0.3, 0.4) is 0 Å². The maximum Gasteiger partial charge on any atom is 0.254 e. The summed E-state index contributed by atoms with van der Waals surface area (Å²) in [5.74, 6) is 0.219. The molecular weight excluding hydrogens is 490 g/mol. The van der Waals surface area contributed by atoms with Crippen molar-refractivity contribution in [1.82, 2.24) is 14.5 Å². The van der Waals surface area contributed by atoms with Gasteiger partial charge in [0.1, 0.15) is 5.75 Å². The molecule has 3 rings (SSSR count). The van der Waals surface area contributed by atoms with Gasteiger partial charge >= 0.3 is 0 Å². The van der Waals surface area contributed by atoms with E-state index in [-0.39, 0.29) is 29.4 Å². The van der Waals surface area contributed by atoms with Crippen molar-refractivity contribution in [2.75, 3.05) is 27.4 Å². The molecule has 2 aromatic carbocycles. The largest absolute Gasteiger partial charge is 0.497 e. The zero-order valence-electron chi connectivity index (χ0n) is 20.3. The minimum absolute atomic E-state index is 0.0361. The fourth-order valence-corrected chi connectivity index (χ4v) is 5.55. The number of nitrogens with zero attached hydrogens (tertiary/aromatic N) is 3. The minimum Gasteiger partial charge on any atom is -0.497 e. The number of aromatic nitrogens is 2. The second-order valence-electron chi connectivity index (χ2n) is 8.33. The van der Waals surface area contributed by atoms with E-state index in [9.17, 15) is 13.2 Å². The highest BCUT2D eigenvalue weighted by atomic mass is 35.5. The molecule has 0 saturated carbocycles. The Labute approximate surface area is 211 Å². The van der Waals surface area contributed by atoms with Crippen molar-refractivity contribution in [3.05, 3.63) is 76.6 Å². The molecule has 0 unspecified atom stereocenters. The smallest absolute Gasteiger partial charge is 0.254 e. The van der Waals surface area contributed by atoms with E-state index in [1.54, 1.807) is 72.2 Å². The molecule has 1 aromatic heterocycles. The molecule has 0 aliphatic rings. The van der Waals surface area contributed by atoms with Crippen LogP contribution < -0.4 is 4.74 Å². The first-order chi connectivity index (χ1) is 16.7. The van der Waals surface area contributed by atoms with Gasteiger partial charge in [0.2, 0.25) is 15.0 Å². The fraction of sp³-hybridized carbons (Fsp3) is 0.360. The Balaban J connectivity index is 1.92. The van der Waals surface area contributed by atoms with Gasteiger partial charge in [-0.05, 0) is 55.8 Å². The number of hydrogen-bond acceptors (Lipinski definition) is 6. The molecular formula is C25H30ClN3O5S. The van der Waals surface area contributed by atoms with Gasteiger partial charge < -0.3 is 18.9 Å². The average Bonchev–Trinajstić information content (AvgIpc) is 3.26. The molecule has 0 bridgehead atoms. The normalized spacial score (nSPS) is 11.6. The van der Waals surface area contributed by atoms with E-state index < -0.39 is 9.84 Å². The van der Waals surface area contributed by atoms with E-state index in [0.717, 1.165) is 0 Å². The van der Waals surface area contributed by atoms with Crippen LogP contribution in [0.15, 0.2) is 59.9 Å². The number of imidazole rings is 1. The Morgan fingerprint density at radius 1 is 1.14 bits per heavy atom. The van der Waals surface area contributed by atoms with E-state index >= 15 is 0 Å². The van der Waals surface area contributed by atoms with Crippen molar-refractivity contribution in [3.8, 4) is 5.75 Å². The van der Waals surface area contributed by atoms with Crippen LogP contribution in [0, 0.1) is 0 Å². The van der Waals surface area contributed by atoms with Crippen LogP contribution >= 0.6 is 11.6 Å². The zero-order valence-corrected chi connectivity index (χ0v) is 21.8. The molecule has 35 heavy (non-hydrogen) atoms.